The summed E-state index contributed by atoms with van der Waals surface area (Å²) in [6, 6.07) is 4.81. The second kappa shape index (κ2) is 5.21. The van der Waals surface area contributed by atoms with E-state index >= 15 is 0 Å². The van der Waals surface area contributed by atoms with Crippen molar-refractivity contribution < 1.29 is 22.8 Å². The number of hydrogen-bond acceptors (Lipinski definition) is 5. The molecule has 0 atom stereocenters. The molecule has 104 valence electrons. The molecule has 0 unspecified atom stereocenters. The number of nitriles is 1. The van der Waals surface area contributed by atoms with Crippen LogP contribution in [0.15, 0.2) is 22.7 Å². The van der Waals surface area contributed by atoms with Gasteiger partial charge in [-0.15, -0.1) is 0 Å². The Morgan fingerprint density at radius 3 is 2.75 bits per heavy atom. The molecule has 2 aromatic rings. The van der Waals surface area contributed by atoms with Crippen LogP contribution in [-0.4, -0.2) is 15.2 Å². The first-order valence-corrected chi connectivity index (χ1v) is 5.52. The summed E-state index contributed by atoms with van der Waals surface area (Å²) in [4.78, 5) is 3.89. The van der Waals surface area contributed by atoms with Gasteiger partial charge in [-0.05, 0) is 18.2 Å². The van der Waals surface area contributed by atoms with Gasteiger partial charge in [0.25, 0.3) is 0 Å². The van der Waals surface area contributed by atoms with Gasteiger partial charge in [0.1, 0.15) is 5.75 Å². The van der Waals surface area contributed by atoms with Crippen LogP contribution in [0.1, 0.15) is 17.9 Å². The highest BCUT2D eigenvalue weighted by atomic mass is 19.4. The van der Waals surface area contributed by atoms with Gasteiger partial charge in [-0.2, -0.15) is 23.4 Å². The number of phenolic OH excluding ortho intramolecular Hbond substituents is 1. The van der Waals surface area contributed by atoms with Crippen molar-refractivity contribution in [2.45, 2.75) is 19.0 Å². The van der Waals surface area contributed by atoms with Crippen LogP contribution < -0.4 is 0 Å². The van der Waals surface area contributed by atoms with Crippen LogP contribution in [-0.2, 0) is 12.6 Å². The number of aryl methyl sites for hydroxylation is 1. The smallest absolute Gasteiger partial charge is 0.419 e. The third-order valence-electron chi connectivity index (χ3n) is 2.48. The molecule has 0 spiro atoms. The lowest BCUT2D eigenvalue weighted by Gasteiger charge is -2.09. The zero-order valence-corrected chi connectivity index (χ0v) is 9.98. The van der Waals surface area contributed by atoms with Gasteiger partial charge in [0.2, 0.25) is 11.7 Å². The van der Waals surface area contributed by atoms with Crippen molar-refractivity contribution in [2.75, 3.05) is 0 Å². The summed E-state index contributed by atoms with van der Waals surface area (Å²) in [5.74, 6) is -0.721. The quantitative estimate of drug-likeness (QED) is 0.936. The molecule has 0 amide bonds. The van der Waals surface area contributed by atoms with Gasteiger partial charge in [-0.25, -0.2) is 0 Å². The molecule has 0 bridgehead atoms. The maximum Gasteiger partial charge on any atom is 0.419 e. The second-order valence-electron chi connectivity index (χ2n) is 3.90. The summed E-state index contributed by atoms with van der Waals surface area (Å²) in [7, 11) is 0. The van der Waals surface area contributed by atoms with E-state index in [4.69, 9.17) is 9.78 Å². The van der Waals surface area contributed by atoms with Crippen LogP contribution >= 0.6 is 0 Å². The van der Waals surface area contributed by atoms with E-state index in [0.717, 1.165) is 12.1 Å². The Morgan fingerprint density at radius 1 is 1.35 bits per heavy atom. The number of phenols is 1. The molecule has 0 saturated carbocycles. The van der Waals surface area contributed by atoms with E-state index in [1.165, 1.54) is 6.07 Å². The zero-order valence-electron chi connectivity index (χ0n) is 9.98. The molecule has 0 saturated heterocycles. The molecular weight excluding hydrogens is 275 g/mol. The Balaban J connectivity index is 2.34. The molecule has 0 aliphatic heterocycles. The Morgan fingerprint density at radius 2 is 2.10 bits per heavy atom. The molecule has 1 heterocycles. The first kappa shape index (κ1) is 13.9. The fourth-order valence-electron chi connectivity index (χ4n) is 1.54. The molecule has 1 aromatic carbocycles. The van der Waals surface area contributed by atoms with Crippen LogP contribution in [0.25, 0.3) is 11.4 Å². The molecule has 20 heavy (non-hydrogen) atoms. The average Bonchev–Trinajstić information content (AvgIpc) is 2.84. The average molecular weight is 283 g/mol. The highest BCUT2D eigenvalue weighted by molar-refractivity contribution is 5.58. The van der Waals surface area contributed by atoms with Crippen molar-refractivity contribution in [2.24, 2.45) is 0 Å². The van der Waals surface area contributed by atoms with Crippen LogP contribution in [0.4, 0.5) is 13.2 Å². The van der Waals surface area contributed by atoms with Crippen molar-refractivity contribution >= 4 is 0 Å². The van der Waals surface area contributed by atoms with Crippen LogP contribution in [0.2, 0.25) is 0 Å². The highest BCUT2D eigenvalue weighted by Gasteiger charge is 2.34. The van der Waals surface area contributed by atoms with Gasteiger partial charge in [-0.3, -0.25) is 0 Å². The lowest BCUT2D eigenvalue weighted by molar-refractivity contribution is -0.138. The third-order valence-corrected chi connectivity index (χ3v) is 2.48. The molecule has 0 fully saturated rings. The molecule has 8 heteroatoms. The number of alkyl halides is 3. The Kier molecular flexibility index (Phi) is 3.61. The van der Waals surface area contributed by atoms with Crippen molar-refractivity contribution in [1.82, 2.24) is 10.1 Å². The number of benzene rings is 1. The van der Waals surface area contributed by atoms with Gasteiger partial charge in [0.05, 0.1) is 11.6 Å². The van der Waals surface area contributed by atoms with Crippen molar-refractivity contribution in [3.8, 4) is 23.2 Å². The van der Waals surface area contributed by atoms with Gasteiger partial charge in [0, 0.05) is 18.4 Å². The van der Waals surface area contributed by atoms with E-state index < -0.39 is 17.5 Å². The molecule has 1 aromatic heterocycles. The Bertz CT molecular complexity index is 659. The highest BCUT2D eigenvalue weighted by Crippen LogP contribution is 2.37. The molecule has 2 rings (SSSR count). The molecule has 1 N–H and O–H groups in total. The predicted molar refractivity (Wildman–Crippen MR) is 60.3 cm³/mol. The minimum Gasteiger partial charge on any atom is -0.507 e. The largest absolute Gasteiger partial charge is 0.507 e. The summed E-state index contributed by atoms with van der Waals surface area (Å²) in [6.07, 6.45) is -4.27. The summed E-state index contributed by atoms with van der Waals surface area (Å²) in [6.45, 7) is 0. The van der Waals surface area contributed by atoms with Gasteiger partial charge in [-0.1, -0.05) is 5.16 Å². The first-order chi connectivity index (χ1) is 9.41. The van der Waals surface area contributed by atoms with E-state index in [1.54, 1.807) is 0 Å². The van der Waals surface area contributed by atoms with E-state index in [1.807, 2.05) is 6.07 Å². The maximum atomic E-state index is 12.7. The topological polar surface area (TPSA) is 82.9 Å². The fraction of sp³-hybridized carbons (Fsp3) is 0.250. The minimum atomic E-state index is -4.67. The number of hydrogen-bond donors (Lipinski definition) is 1. The number of halogens is 3. The molecule has 0 aliphatic rings. The predicted octanol–water partition coefficient (Wildman–Crippen LogP) is 2.92. The third kappa shape index (κ3) is 2.88. The van der Waals surface area contributed by atoms with E-state index in [-0.39, 0.29) is 30.1 Å². The van der Waals surface area contributed by atoms with Crippen molar-refractivity contribution in [3.05, 3.63) is 29.7 Å². The SMILES string of the molecule is N#CCCc1nc(-c2ccc(O)c(C(F)(F)F)c2)no1. The van der Waals surface area contributed by atoms with E-state index in [9.17, 15) is 18.3 Å². The monoisotopic (exact) mass is 283 g/mol. The summed E-state index contributed by atoms with van der Waals surface area (Å²) in [5, 5.41) is 21.2. The lowest BCUT2D eigenvalue weighted by atomic mass is 10.1. The fourth-order valence-corrected chi connectivity index (χ4v) is 1.54. The number of aromatic hydroxyl groups is 1. The van der Waals surface area contributed by atoms with Crippen molar-refractivity contribution in [1.29, 1.82) is 5.26 Å². The number of nitrogens with zero attached hydrogens (tertiary/aromatic N) is 3. The normalized spacial score (nSPS) is 11.3. The van der Waals surface area contributed by atoms with Crippen LogP contribution in [0.5, 0.6) is 5.75 Å². The molecular formula is C12H8F3N3O2. The second-order valence-corrected chi connectivity index (χ2v) is 3.90. The van der Waals surface area contributed by atoms with E-state index in [2.05, 4.69) is 10.1 Å². The number of rotatable bonds is 3. The summed E-state index contributed by atoms with van der Waals surface area (Å²) in [5.41, 5.74) is -1.10. The van der Waals surface area contributed by atoms with Crippen molar-refractivity contribution in [3.63, 3.8) is 0 Å². The Labute approximate surface area is 111 Å². The van der Waals surface area contributed by atoms with Gasteiger partial charge < -0.3 is 9.63 Å². The summed E-state index contributed by atoms with van der Waals surface area (Å²) < 4.78 is 42.8. The minimum absolute atomic E-state index is 0.0246. The van der Waals surface area contributed by atoms with Crippen LogP contribution in [0, 0.1) is 11.3 Å². The molecule has 5 nitrogen and oxygen atoms in total. The lowest BCUT2D eigenvalue weighted by Crippen LogP contribution is -2.05. The summed E-state index contributed by atoms with van der Waals surface area (Å²) >= 11 is 0. The maximum absolute atomic E-state index is 12.7. The van der Waals surface area contributed by atoms with Gasteiger partial charge in [0.15, 0.2) is 0 Å². The van der Waals surface area contributed by atoms with Gasteiger partial charge >= 0.3 is 6.18 Å². The molecule has 0 radical (unpaired) electrons. The zero-order chi connectivity index (χ0) is 14.8. The Hall–Kier alpha value is -2.56. The van der Waals surface area contributed by atoms with Crippen LogP contribution in [0.3, 0.4) is 0 Å². The molecule has 0 aliphatic carbocycles. The number of aromatic nitrogens is 2. The van der Waals surface area contributed by atoms with E-state index in [0.29, 0.717) is 0 Å². The first-order valence-electron chi connectivity index (χ1n) is 5.52. The standard InChI is InChI=1S/C12H8F3N3O2/c13-12(14,15)8-6-7(3-4-9(8)19)11-17-10(20-18-11)2-1-5-16/h3-4,6,19H,1-2H2.